The van der Waals surface area contributed by atoms with Gasteiger partial charge in [0.2, 0.25) is 5.91 Å². The Hall–Kier alpha value is -2.85. The lowest BCUT2D eigenvalue weighted by atomic mass is 10.1. The average molecular weight is 503 g/mol. The molecule has 0 spiro atoms. The van der Waals surface area contributed by atoms with E-state index in [-0.39, 0.29) is 18.3 Å². The fourth-order valence-corrected chi connectivity index (χ4v) is 5.63. The number of aromatic nitrogens is 3. The third kappa shape index (κ3) is 5.79. The summed E-state index contributed by atoms with van der Waals surface area (Å²) in [4.78, 5) is 25.9. The lowest BCUT2D eigenvalue weighted by Crippen LogP contribution is -2.17. The molecule has 0 aliphatic rings. The third-order valence-electron chi connectivity index (χ3n) is 5.33. The number of nitrogens with zero attached hydrogens (tertiary/aromatic N) is 3. The molecule has 0 unspecified atom stereocenters. The van der Waals surface area contributed by atoms with Gasteiger partial charge in [0.25, 0.3) is 0 Å². The van der Waals surface area contributed by atoms with Gasteiger partial charge in [-0.05, 0) is 51.3 Å². The van der Waals surface area contributed by atoms with Crippen molar-refractivity contribution in [2.75, 3.05) is 18.2 Å². The second-order valence-electron chi connectivity index (χ2n) is 7.72. The average Bonchev–Trinajstić information content (AvgIpc) is 3.35. The number of esters is 1. The summed E-state index contributed by atoms with van der Waals surface area (Å²) in [5.74, 6) is 0.972. The van der Waals surface area contributed by atoms with Crippen molar-refractivity contribution in [1.82, 2.24) is 14.8 Å². The summed E-state index contributed by atoms with van der Waals surface area (Å²) in [6.45, 7) is 10.9. The fourth-order valence-electron chi connectivity index (χ4n) is 3.66. The number of methoxy groups -OCH3 is 1. The maximum atomic E-state index is 12.7. The van der Waals surface area contributed by atoms with Gasteiger partial charge in [0.1, 0.15) is 17.4 Å². The van der Waals surface area contributed by atoms with E-state index in [0.717, 1.165) is 21.8 Å². The molecule has 0 saturated carbocycles. The van der Waals surface area contributed by atoms with E-state index < -0.39 is 5.97 Å². The first-order valence-corrected chi connectivity index (χ1v) is 12.8. The van der Waals surface area contributed by atoms with Crippen LogP contribution in [-0.4, -0.2) is 39.5 Å². The van der Waals surface area contributed by atoms with Gasteiger partial charge in [0.05, 0.1) is 18.4 Å². The highest BCUT2D eigenvalue weighted by molar-refractivity contribution is 7.99. The van der Waals surface area contributed by atoms with Crippen LogP contribution in [0.4, 0.5) is 5.00 Å². The third-order valence-corrected chi connectivity index (χ3v) is 7.36. The Labute approximate surface area is 208 Å². The Morgan fingerprint density at radius 3 is 2.59 bits per heavy atom. The molecule has 1 aromatic carbocycles. The SMILES string of the molecule is CCc1c(C)sc(NC(=O)CSc2nnc(COc3ccc(C)cc3C)n2CC)c1C(=O)OC. The highest BCUT2D eigenvalue weighted by Gasteiger charge is 2.23. The summed E-state index contributed by atoms with van der Waals surface area (Å²) >= 11 is 2.68. The summed E-state index contributed by atoms with van der Waals surface area (Å²) < 4.78 is 12.8. The van der Waals surface area contributed by atoms with Crippen LogP contribution >= 0.6 is 23.1 Å². The molecule has 1 N–H and O–H groups in total. The van der Waals surface area contributed by atoms with Crippen LogP contribution in [0.2, 0.25) is 0 Å². The van der Waals surface area contributed by atoms with Crippen molar-refractivity contribution in [1.29, 1.82) is 0 Å². The summed E-state index contributed by atoms with van der Waals surface area (Å²) in [6, 6.07) is 6.04. The smallest absolute Gasteiger partial charge is 0.341 e. The topological polar surface area (TPSA) is 95.3 Å². The van der Waals surface area contributed by atoms with Crippen molar-refractivity contribution in [3.63, 3.8) is 0 Å². The number of anilines is 1. The monoisotopic (exact) mass is 502 g/mol. The highest BCUT2D eigenvalue weighted by atomic mass is 32.2. The van der Waals surface area contributed by atoms with E-state index in [1.807, 2.05) is 51.3 Å². The molecule has 0 bridgehead atoms. The van der Waals surface area contributed by atoms with Crippen LogP contribution in [0, 0.1) is 20.8 Å². The van der Waals surface area contributed by atoms with Gasteiger partial charge in [-0.3, -0.25) is 4.79 Å². The lowest BCUT2D eigenvalue weighted by molar-refractivity contribution is -0.113. The van der Waals surface area contributed by atoms with E-state index in [1.165, 1.54) is 35.8 Å². The molecule has 34 heavy (non-hydrogen) atoms. The minimum absolute atomic E-state index is 0.134. The Kier molecular flexibility index (Phi) is 8.73. The molecule has 3 aromatic rings. The minimum Gasteiger partial charge on any atom is -0.485 e. The molecule has 0 saturated heterocycles. The molecule has 0 aliphatic heterocycles. The molecule has 0 atom stereocenters. The molecule has 10 heteroatoms. The first-order chi connectivity index (χ1) is 16.3. The van der Waals surface area contributed by atoms with Crippen LogP contribution in [0.1, 0.15) is 51.6 Å². The predicted molar refractivity (Wildman–Crippen MR) is 135 cm³/mol. The van der Waals surface area contributed by atoms with Gasteiger partial charge >= 0.3 is 5.97 Å². The molecule has 0 radical (unpaired) electrons. The Morgan fingerprint density at radius 2 is 1.94 bits per heavy atom. The summed E-state index contributed by atoms with van der Waals surface area (Å²) in [6.07, 6.45) is 0.684. The molecular weight excluding hydrogens is 472 g/mol. The lowest BCUT2D eigenvalue weighted by Gasteiger charge is -2.11. The maximum Gasteiger partial charge on any atom is 0.341 e. The van der Waals surface area contributed by atoms with E-state index in [2.05, 4.69) is 21.6 Å². The van der Waals surface area contributed by atoms with Crippen molar-refractivity contribution in [2.24, 2.45) is 0 Å². The van der Waals surface area contributed by atoms with E-state index >= 15 is 0 Å². The van der Waals surface area contributed by atoms with Gasteiger partial charge in [-0.2, -0.15) is 0 Å². The number of thioether (sulfide) groups is 1. The summed E-state index contributed by atoms with van der Waals surface area (Å²) in [5.41, 5.74) is 3.59. The number of hydrogen-bond donors (Lipinski definition) is 1. The number of hydrogen-bond acceptors (Lipinski definition) is 8. The number of benzene rings is 1. The number of rotatable bonds is 10. The fraction of sp³-hybridized carbons (Fsp3) is 0.417. The Balaban J connectivity index is 1.65. The zero-order valence-electron chi connectivity index (χ0n) is 20.4. The van der Waals surface area contributed by atoms with E-state index in [1.54, 1.807) is 0 Å². The van der Waals surface area contributed by atoms with Crippen LogP contribution in [0.5, 0.6) is 5.75 Å². The van der Waals surface area contributed by atoms with E-state index in [0.29, 0.717) is 34.5 Å². The van der Waals surface area contributed by atoms with Crippen LogP contribution < -0.4 is 10.1 Å². The number of amides is 1. The van der Waals surface area contributed by atoms with E-state index in [9.17, 15) is 9.59 Å². The molecule has 8 nitrogen and oxygen atoms in total. The van der Waals surface area contributed by atoms with Crippen molar-refractivity contribution in [3.05, 3.63) is 51.2 Å². The van der Waals surface area contributed by atoms with Gasteiger partial charge in [-0.25, -0.2) is 4.79 Å². The molecule has 3 rings (SSSR count). The van der Waals surface area contributed by atoms with Crippen molar-refractivity contribution >= 4 is 40.0 Å². The van der Waals surface area contributed by atoms with Crippen LogP contribution in [0.15, 0.2) is 23.4 Å². The summed E-state index contributed by atoms with van der Waals surface area (Å²) in [7, 11) is 1.34. The molecule has 2 aromatic heterocycles. The normalized spacial score (nSPS) is 10.9. The first-order valence-electron chi connectivity index (χ1n) is 11.0. The second-order valence-corrected chi connectivity index (χ2v) is 9.89. The summed E-state index contributed by atoms with van der Waals surface area (Å²) in [5, 5.41) is 12.5. The predicted octanol–water partition coefficient (Wildman–Crippen LogP) is 4.94. The van der Waals surface area contributed by atoms with Crippen molar-refractivity contribution in [3.8, 4) is 5.75 Å². The maximum absolute atomic E-state index is 12.7. The molecule has 0 fully saturated rings. The number of ether oxygens (including phenoxy) is 2. The zero-order valence-corrected chi connectivity index (χ0v) is 22.0. The molecule has 1 amide bonds. The highest BCUT2D eigenvalue weighted by Crippen LogP contribution is 2.34. The molecular formula is C24H30N4O4S2. The van der Waals surface area contributed by atoms with Crippen LogP contribution in [0.25, 0.3) is 0 Å². The molecule has 2 heterocycles. The van der Waals surface area contributed by atoms with E-state index in [4.69, 9.17) is 9.47 Å². The van der Waals surface area contributed by atoms with Crippen molar-refractivity contribution < 1.29 is 19.1 Å². The van der Waals surface area contributed by atoms with Gasteiger partial charge in [0.15, 0.2) is 11.0 Å². The number of nitrogens with one attached hydrogen (secondary N) is 1. The number of aryl methyl sites for hydroxylation is 3. The number of thiophene rings is 1. The van der Waals surface area contributed by atoms with Gasteiger partial charge < -0.3 is 19.4 Å². The Morgan fingerprint density at radius 1 is 1.18 bits per heavy atom. The van der Waals surface area contributed by atoms with Gasteiger partial charge in [-0.1, -0.05) is 36.4 Å². The molecule has 182 valence electrons. The van der Waals surface area contributed by atoms with Crippen LogP contribution in [-0.2, 0) is 29.1 Å². The van der Waals surface area contributed by atoms with Gasteiger partial charge in [-0.15, -0.1) is 21.5 Å². The quantitative estimate of drug-likeness (QED) is 0.310. The Bertz CT molecular complexity index is 1190. The largest absolute Gasteiger partial charge is 0.485 e. The first kappa shape index (κ1) is 25.8. The van der Waals surface area contributed by atoms with Gasteiger partial charge in [0, 0.05) is 11.4 Å². The zero-order chi connectivity index (χ0) is 24.8. The van der Waals surface area contributed by atoms with Crippen LogP contribution in [0.3, 0.4) is 0 Å². The number of carbonyl (C=O) groups excluding carboxylic acids is 2. The number of carbonyl (C=O) groups is 2. The van der Waals surface area contributed by atoms with Crippen molar-refractivity contribution in [2.45, 2.75) is 59.3 Å². The molecule has 0 aliphatic carbocycles. The minimum atomic E-state index is -0.441. The standard InChI is InChI=1S/C24H30N4O4S2/c1-7-17-16(5)34-22(21(17)23(30)31-6)25-20(29)13-33-24-27-26-19(28(24)8-2)12-32-18-10-9-14(3)11-15(18)4/h9-11H,7-8,12-13H2,1-6H3,(H,25,29). The second kappa shape index (κ2) is 11.5.